The van der Waals surface area contributed by atoms with E-state index in [1.54, 1.807) is 41.5 Å². The molecule has 0 radical (unpaired) electrons. The second-order valence-electron chi connectivity index (χ2n) is 13.9. The van der Waals surface area contributed by atoms with Gasteiger partial charge in [0.2, 0.25) is 11.3 Å². The third-order valence-electron chi connectivity index (χ3n) is 7.10. The lowest BCUT2D eigenvalue weighted by molar-refractivity contribution is -0.383. The van der Waals surface area contributed by atoms with Crippen LogP contribution < -0.4 is 27.8 Å². The van der Waals surface area contributed by atoms with Gasteiger partial charge in [-0.2, -0.15) is 19.2 Å². The summed E-state index contributed by atoms with van der Waals surface area (Å²) >= 11 is 0. The molecule has 0 spiro atoms. The van der Waals surface area contributed by atoms with Crippen LogP contribution in [0.1, 0.15) is 67.2 Å². The van der Waals surface area contributed by atoms with Gasteiger partial charge in [-0.3, -0.25) is 34.0 Å². The molecule has 0 saturated heterocycles. The molecule has 8 N–H and O–H groups in total. The fraction of sp³-hybridized carbons (Fsp3) is 0.548. The number of nitro groups is 2. The van der Waals surface area contributed by atoms with E-state index in [1.807, 2.05) is 0 Å². The second-order valence-corrected chi connectivity index (χ2v) is 15.3. The largest absolute Gasteiger partial charge is 0.460 e. The average molecular weight is 778 g/mol. The van der Waals surface area contributed by atoms with E-state index >= 15 is 0 Å². The van der Waals surface area contributed by atoms with Crippen LogP contribution in [0.25, 0.3) is 11.3 Å². The third-order valence-corrected chi connectivity index (χ3v) is 7.98. The number of carbonyl (C=O) groups excluding carboxylic acids is 2. The summed E-state index contributed by atoms with van der Waals surface area (Å²) in [6.07, 6.45) is 4.71. The van der Waals surface area contributed by atoms with Gasteiger partial charge >= 0.3 is 23.3 Å². The van der Waals surface area contributed by atoms with Crippen molar-refractivity contribution in [2.45, 2.75) is 95.5 Å². The van der Waals surface area contributed by atoms with Crippen LogP contribution in [-0.4, -0.2) is 97.8 Å². The highest BCUT2D eigenvalue weighted by molar-refractivity contribution is 7.84. The Hall–Kier alpha value is -5.55. The molecule has 296 valence electrons. The number of nitrogens with two attached hydrogens (primary N) is 3. The lowest BCUT2D eigenvalue weighted by Gasteiger charge is -2.21. The summed E-state index contributed by atoms with van der Waals surface area (Å²) in [5, 5.41) is 36.3. The van der Waals surface area contributed by atoms with E-state index in [0.29, 0.717) is 18.7 Å². The van der Waals surface area contributed by atoms with Crippen molar-refractivity contribution in [2.75, 3.05) is 35.7 Å². The Balaban J connectivity index is 0.000000291. The molecule has 0 aliphatic heterocycles. The molecule has 0 aliphatic rings. The minimum atomic E-state index is -1.46. The quantitative estimate of drug-likeness (QED) is 0.0500. The highest BCUT2D eigenvalue weighted by Gasteiger charge is 2.24. The Morgan fingerprint density at radius 1 is 0.815 bits per heavy atom. The number of rotatable bonds is 15. The van der Waals surface area contributed by atoms with Crippen LogP contribution in [0.2, 0.25) is 0 Å². The van der Waals surface area contributed by atoms with Crippen molar-refractivity contribution in [3.8, 4) is 0 Å². The number of ether oxygens (including phenoxy) is 2. The zero-order chi connectivity index (χ0) is 40.5. The number of carbonyl (C=O) groups is 2. The van der Waals surface area contributed by atoms with Crippen molar-refractivity contribution < 1.29 is 33.1 Å². The fourth-order valence-electron chi connectivity index (χ4n) is 4.79. The van der Waals surface area contributed by atoms with E-state index in [9.17, 15) is 34.0 Å². The molecule has 0 fully saturated rings. The summed E-state index contributed by atoms with van der Waals surface area (Å²) < 4.78 is 24.9. The molecule has 23 heteroatoms. The molecule has 4 aromatic rings. The standard InChI is InChI=1S/C16H24N6O5S.C15H23N7O4/c1-16(2,3)27-14(23)6-5-10(8-17)19-12-7-13(28(4)26)21-15(20-12)11(9-18-21)22(24)25;1-15(2,3)26-13(23)5-4-9(7-16)19-12-6-11(17)21-14(20-12)10(8-18-21)22(24)25/h7,9-10H,5-6,8,17H2,1-4H3,(H,19,20);6,8-9H,4-5,7,16-17H2,1-3H3,(H,19,20)/t10-,28?;9-/m00/s1. The molecule has 54 heavy (non-hydrogen) atoms. The molecular weight excluding hydrogens is 730 g/mol. The number of hydrogen-bond donors (Lipinski definition) is 5. The van der Waals surface area contributed by atoms with E-state index in [-0.39, 0.29) is 89.3 Å². The van der Waals surface area contributed by atoms with E-state index < -0.39 is 31.8 Å². The highest BCUT2D eigenvalue weighted by Crippen LogP contribution is 2.24. The molecule has 4 heterocycles. The van der Waals surface area contributed by atoms with Gasteiger partial charge in [0.15, 0.2) is 0 Å². The molecule has 22 nitrogen and oxygen atoms in total. The number of anilines is 3. The Bertz CT molecular complexity index is 2000. The number of nitrogen functional groups attached to an aromatic ring is 1. The Kier molecular flexibility index (Phi) is 14.3. The van der Waals surface area contributed by atoms with Crippen molar-refractivity contribution in [1.29, 1.82) is 0 Å². The molecular formula is C31H47N13O9S. The van der Waals surface area contributed by atoms with Crippen LogP contribution in [0.4, 0.5) is 28.8 Å². The van der Waals surface area contributed by atoms with Crippen LogP contribution >= 0.6 is 0 Å². The fourth-order valence-corrected chi connectivity index (χ4v) is 5.45. The molecule has 3 atom stereocenters. The normalized spacial score (nSPS) is 13.4. The summed E-state index contributed by atoms with van der Waals surface area (Å²) in [6.45, 7) is 11.2. The lowest BCUT2D eigenvalue weighted by atomic mass is 10.1. The van der Waals surface area contributed by atoms with Crippen LogP contribution in [0.15, 0.2) is 29.6 Å². The molecule has 0 saturated carbocycles. The minimum Gasteiger partial charge on any atom is -0.460 e. The molecule has 0 bridgehead atoms. The van der Waals surface area contributed by atoms with Crippen molar-refractivity contribution in [2.24, 2.45) is 11.5 Å². The first kappa shape index (κ1) is 42.9. The van der Waals surface area contributed by atoms with Gasteiger partial charge in [0.1, 0.15) is 46.1 Å². The predicted molar refractivity (Wildman–Crippen MR) is 199 cm³/mol. The Morgan fingerprint density at radius 3 is 1.61 bits per heavy atom. The molecule has 0 amide bonds. The van der Waals surface area contributed by atoms with Gasteiger partial charge in [-0.25, -0.2) is 9.97 Å². The molecule has 1 unspecified atom stereocenters. The van der Waals surface area contributed by atoms with Crippen molar-refractivity contribution >= 4 is 62.9 Å². The maximum atomic E-state index is 12.0. The number of esters is 2. The molecule has 4 rings (SSSR count). The Labute approximate surface area is 312 Å². The average Bonchev–Trinajstić information content (AvgIpc) is 3.68. The van der Waals surface area contributed by atoms with E-state index in [1.165, 1.54) is 27.4 Å². The van der Waals surface area contributed by atoms with Gasteiger partial charge in [-0.15, -0.1) is 0 Å². The summed E-state index contributed by atoms with van der Waals surface area (Å²) in [4.78, 5) is 53.2. The number of aromatic nitrogens is 6. The summed E-state index contributed by atoms with van der Waals surface area (Å²) in [7, 11) is -1.46. The van der Waals surface area contributed by atoms with Gasteiger partial charge in [0.05, 0.1) is 20.6 Å². The topological polar surface area (TPSA) is 318 Å². The summed E-state index contributed by atoms with van der Waals surface area (Å²) in [5.41, 5.74) is 15.7. The van der Waals surface area contributed by atoms with Gasteiger partial charge in [0.25, 0.3) is 0 Å². The monoisotopic (exact) mass is 777 g/mol. The SMILES string of the molecule is CC(C)(C)OC(=O)CC[C@@H](CN)Nc1cc(N)n2ncc([N+](=O)[O-])c2n1.CS(=O)c1cc(N[C@H](CN)CCC(=O)OC(C)(C)C)nc2c([N+](=O)[O-])cnn12. The van der Waals surface area contributed by atoms with Crippen molar-refractivity contribution in [3.63, 3.8) is 0 Å². The first-order valence-electron chi connectivity index (χ1n) is 16.6. The summed E-state index contributed by atoms with van der Waals surface area (Å²) in [5.74, 6) is 0.0951. The van der Waals surface area contributed by atoms with Crippen molar-refractivity contribution in [1.82, 2.24) is 29.2 Å². The lowest BCUT2D eigenvalue weighted by Crippen LogP contribution is -2.31. The number of fused-ring (bicyclic) bond motifs is 2. The predicted octanol–water partition coefficient (Wildman–Crippen LogP) is 2.32. The van der Waals surface area contributed by atoms with Gasteiger partial charge in [-0.1, -0.05) is 0 Å². The molecule has 4 aromatic heterocycles. The van der Waals surface area contributed by atoms with Crippen LogP contribution in [-0.2, 0) is 29.9 Å². The number of hydrogen-bond acceptors (Lipinski definition) is 18. The van der Waals surface area contributed by atoms with Gasteiger partial charge < -0.3 is 37.3 Å². The van der Waals surface area contributed by atoms with E-state index in [4.69, 9.17) is 26.7 Å². The van der Waals surface area contributed by atoms with Gasteiger partial charge in [0, 0.05) is 56.4 Å². The van der Waals surface area contributed by atoms with E-state index in [0.717, 1.165) is 12.4 Å². The van der Waals surface area contributed by atoms with Gasteiger partial charge in [-0.05, 0) is 54.4 Å². The molecule has 0 aliphatic carbocycles. The third kappa shape index (κ3) is 12.3. The maximum absolute atomic E-state index is 12.0. The highest BCUT2D eigenvalue weighted by atomic mass is 32.2. The molecule has 0 aromatic carbocycles. The maximum Gasteiger partial charge on any atom is 0.333 e. The van der Waals surface area contributed by atoms with Crippen LogP contribution in [0.5, 0.6) is 0 Å². The zero-order valence-corrected chi connectivity index (χ0v) is 31.9. The number of nitrogens with one attached hydrogen (secondary N) is 2. The Morgan fingerprint density at radius 2 is 1.22 bits per heavy atom. The first-order valence-corrected chi connectivity index (χ1v) is 18.2. The minimum absolute atomic E-state index is 0.0249. The first-order chi connectivity index (χ1) is 25.1. The van der Waals surface area contributed by atoms with Crippen LogP contribution in [0, 0.1) is 20.2 Å². The second kappa shape index (κ2) is 18.0. The zero-order valence-electron chi connectivity index (χ0n) is 31.1. The summed E-state index contributed by atoms with van der Waals surface area (Å²) in [6, 6.07) is 2.39. The smallest absolute Gasteiger partial charge is 0.333 e. The number of nitrogens with zero attached hydrogens (tertiary/aromatic N) is 8. The van der Waals surface area contributed by atoms with Crippen LogP contribution in [0.3, 0.4) is 0 Å². The van der Waals surface area contributed by atoms with Crippen molar-refractivity contribution in [3.05, 3.63) is 44.8 Å². The van der Waals surface area contributed by atoms with E-state index in [2.05, 4.69) is 30.8 Å².